The van der Waals surface area contributed by atoms with Gasteiger partial charge in [0.05, 0.1) is 25.7 Å². The number of allylic oxidation sites excluding steroid dienone is 1. The van der Waals surface area contributed by atoms with Crippen molar-refractivity contribution in [3.05, 3.63) is 18.4 Å². The fourth-order valence-electron chi connectivity index (χ4n) is 2.21. The van der Waals surface area contributed by atoms with Gasteiger partial charge in [-0.05, 0) is 31.0 Å². The van der Waals surface area contributed by atoms with Crippen molar-refractivity contribution in [1.82, 2.24) is 4.81 Å². The van der Waals surface area contributed by atoms with E-state index in [1.165, 1.54) is 0 Å². The van der Waals surface area contributed by atoms with Crippen molar-refractivity contribution in [2.45, 2.75) is 59.0 Å². The summed E-state index contributed by atoms with van der Waals surface area (Å²) < 4.78 is 17.1. The van der Waals surface area contributed by atoms with Crippen LogP contribution >= 0.6 is 0 Å². The summed E-state index contributed by atoms with van der Waals surface area (Å²) >= 11 is 0. The summed E-state index contributed by atoms with van der Waals surface area (Å²) in [5.41, 5.74) is 2.74. The van der Waals surface area contributed by atoms with Crippen LogP contribution in [-0.4, -0.2) is 50.6 Å². The molecular weight excluding hydrogens is 291 g/mol. The van der Waals surface area contributed by atoms with E-state index in [4.69, 9.17) is 19.3 Å². The minimum atomic E-state index is -0.448. The first-order valence-corrected chi connectivity index (χ1v) is 8.34. The van der Waals surface area contributed by atoms with Crippen molar-refractivity contribution >= 4 is 7.25 Å². The molecular formula is C17H31BN2O3. The second-order valence-corrected chi connectivity index (χ2v) is 5.75. The van der Waals surface area contributed by atoms with E-state index in [0.717, 1.165) is 12.8 Å². The van der Waals surface area contributed by atoms with Gasteiger partial charge in [0.2, 0.25) is 0 Å². The Bertz CT molecular complexity index is 369. The zero-order valence-corrected chi connectivity index (χ0v) is 15.1. The molecule has 0 rings (SSSR count). The lowest BCUT2D eigenvalue weighted by Gasteiger charge is -2.34. The quantitative estimate of drug-likeness (QED) is 0.279. The number of unbranched alkanes of at least 4 members (excludes halogenated alkanes) is 1. The molecule has 130 valence electrons. The normalized spacial score (nSPS) is 10.9. The Labute approximate surface area is 142 Å². The summed E-state index contributed by atoms with van der Waals surface area (Å²) in [5, 5.41) is 8.66. The van der Waals surface area contributed by atoms with Crippen molar-refractivity contribution in [2.24, 2.45) is 0 Å². The van der Waals surface area contributed by atoms with Crippen molar-refractivity contribution < 1.29 is 14.0 Å². The second kappa shape index (κ2) is 14.5. The van der Waals surface area contributed by atoms with Gasteiger partial charge in [-0.2, -0.15) is 5.26 Å². The molecule has 0 aromatic carbocycles. The molecule has 0 atom stereocenters. The third-order valence-electron chi connectivity index (χ3n) is 3.18. The third-order valence-corrected chi connectivity index (χ3v) is 3.18. The molecule has 0 N–H and O–H groups in total. The average molecular weight is 322 g/mol. The van der Waals surface area contributed by atoms with Crippen LogP contribution in [-0.2, 0) is 14.0 Å². The first kappa shape index (κ1) is 21.9. The molecule has 23 heavy (non-hydrogen) atoms. The zero-order chi connectivity index (χ0) is 17.5. The molecule has 0 aliphatic heterocycles. The minimum Gasteiger partial charge on any atom is -0.396 e. The fraction of sp³-hybridized carbons (Fsp3) is 0.765. The molecule has 0 unspecified atom stereocenters. The van der Waals surface area contributed by atoms with Gasteiger partial charge in [0.1, 0.15) is 0 Å². The first-order chi connectivity index (χ1) is 11.0. The molecule has 0 aromatic rings. The van der Waals surface area contributed by atoms with E-state index in [0.29, 0.717) is 32.8 Å². The maximum Gasteiger partial charge on any atom is 0.558 e. The van der Waals surface area contributed by atoms with Crippen molar-refractivity contribution in [3.8, 4) is 6.07 Å². The van der Waals surface area contributed by atoms with Gasteiger partial charge >= 0.3 is 7.25 Å². The first-order valence-electron chi connectivity index (χ1n) is 8.34. The largest absolute Gasteiger partial charge is 0.558 e. The van der Waals surface area contributed by atoms with Crippen LogP contribution in [0.2, 0.25) is 0 Å². The maximum absolute atomic E-state index is 8.66. The van der Waals surface area contributed by atoms with Crippen molar-refractivity contribution in [1.29, 1.82) is 5.26 Å². The predicted molar refractivity (Wildman–Crippen MR) is 93.8 cm³/mol. The Morgan fingerprint density at radius 3 is 2.30 bits per heavy atom. The summed E-state index contributed by atoms with van der Waals surface area (Å²) in [4.78, 5) is 2.15. The van der Waals surface area contributed by atoms with Gasteiger partial charge in [-0.25, -0.2) is 0 Å². The van der Waals surface area contributed by atoms with Gasteiger partial charge in [0.25, 0.3) is 0 Å². The predicted octanol–water partition coefficient (Wildman–Crippen LogP) is 3.17. The van der Waals surface area contributed by atoms with Crippen molar-refractivity contribution in [3.63, 3.8) is 0 Å². The van der Waals surface area contributed by atoms with Crippen LogP contribution in [0.25, 0.3) is 0 Å². The van der Waals surface area contributed by atoms with Gasteiger partial charge in [0, 0.05) is 13.2 Å². The van der Waals surface area contributed by atoms with Crippen LogP contribution in [0.3, 0.4) is 0 Å². The molecule has 0 aliphatic rings. The van der Waals surface area contributed by atoms with Crippen LogP contribution in [0.4, 0.5) is 0 Å². The average Bonchev–Trinajstić information content (AvgIpc) is 2.49. The van der Waals surface area contributed by atoms with Crippen LogP contribution < -0.4 is 0 Å². The number of hydrogen-bond donors (Lipinski definition) is 0. The second-order valence-electron chi connectivity index (χ2n) is 5.75. The van der Waals surface area contributed by atoms with E-state index >= 15 is 0 Å². The fourth-order valence-corrected chi connectivity index (χ4v) is 2.21. The molecule has 0 aliphatic carbocycles. The molecule has 0 heterocycles. The SMILES string of the molecule is C=C=CCCCOCCOB(OCCC#N)N(C(C)C)C(C)C. The highest BCUT2D eigenvalue weighted by atomic mass is 16.6. The summed E-state index contributed by atoms with van der Waals surface area (Å²) in [6.07, 6.45) is 4.15. The van der Waals surface area contributed by atoms with Crippen molar-refractivity contribution in [2.75, 3.05) is 26.4 Å². The van der Waals surface area contributed by atoms with E-state index in [9.17, 15) is 0 Å². The van der Waals surface area contributed by atoms with Gasteiger partial charge in [-0.3, -0.25) is 4.81 Å². The highest BCUT2D eigenvalue weighted by Gasteiger charge is 2.32. The smallest absolute Gasteiger partial charge is 0.396 e. The van der Waals surface area contributed by atoms with E-state index in [1.807, 2.05) is 6.08 Å². The number of rotatable bonds is 14. The molecule has 0 bridgehead atoms. The number of nitriles is 1. The van der Waals surface area contributed by atoms with Gasteiger partial charge < -0.3 is 14.0 Å². The van der Waals surface area contributed by atoms with E-state index in [-0.39, 0.29) is 12.1 Å². The lowest BCUT2D eigenvalue weighted by atomic mass is 9.97. The van der Waals surface area contributed by atoms with E-state index < -0.39 is 7.25 Å². The Morgan fingerprint density at radius 2 is 1.74 bits per heavy atom. The molecule has 0 saturated heterocycles. The maximum atomic E-state index is 8.66. The molecule has 0 fully saturated rings. The molecule has 0 radical (unpaired) electrons. The monoisotopic (exact) mass is 322 g/mol. The van der Waals surface area contributed by atoms with Crippen LogP contribution in [0, 0.1) is 11.3 Å². The van der Waals surface area contributed by atoms with Gasteiger partial charge in [-0.15, -0.1) is 5.73 Å². The van der Waals surface area contributed by atoms with E-state index in [2.05, 4.69) is 50.9 Å². The lowest BCUT2D eigenvalue weighted by Crippen LogP contribution is -2.52. The van der Waals surface area contributed by atoms with Crippen LogP contribution in [0.15, 0.2) is 18.4 Å². The topological polar surface area (TPSA) is 54.7 Å². The summed E-state index contributed by atoms with van der Waals surface area (Å²) in [6.45, 7) is 14.0. The Balaban J connectivity index is 4.20. The van der Waals surface area contributed by atoms with Gasteiger partial charge in [-0.1, -0.05) is 34.3 Å². The Morgan fingerprint density at radius 1 is 1.09 bits per heavy atom. The third kappa shape index (κ3) is 11.1. The number of hydrogen-bond acceptors (Lipinski definition) is 5. The van der Waals surface area contributed by atoms with Crippen LogP contribution in [0.5, 0.6) is 0 Å². The molecule has 0 spiro atoms. The lowest BCUT2D eigenvalue weighted by molar-refractivity contribution is 0.0634. The molecule has 0 amide bonds. The van der Waals surface area contributed by atoms with Gasteiger partial charge in [0.15, 0.2) is 0 Å². The summed E-state index contributed by atoms with van der Waals surface area (Å²) in [6, 6.07) is 2.66. The minimum absolute atomic E-state index is 0.286. The zero-order valence-electron chi connectivity index (χ0n) is 15.1. The molecule has 0 aromatic heterocycles. The standard InChI is InChI=1S/C17H31BN2O3/c1-6-7-8-9-12-21-14-15-23-18(22-13-10-11-19)20(16(2)3)17(4)5/h7,16-17H,1,8-10,12-15H2,2-5H3. The molecule has 6 heteroatoms. The highest BCUT2D eigenvalue weighted by molar-refractivity contribution is 6.41. The molecule has 0 saturated carbocycles. The Kier molecular flexibility index (Phi) is 13.8. The summed E-state index contributed by atoms with van der Waals surface area (Å²) in [5.74, 6) is 0. The number of nitrogens with zero attached hydrogens (tertiary/aromatic N) is 2. The Hall–Kier alpha value is -1.09. The van der Waals surface area contributed by atoms with Crippen LogP contribution in [0.1, 0.15) is 47.0 Å². The van der Waals surface area contributed by atoms with E-state index in [1.54, 1.807) is 0 Å². The summed E-state index contributed by atoms with van der Waals surface area (Å²) in [7, 11) is -0.448. The highest BCUT2D eigenvalue weighted by Crippen LogP contribution is 2.10. The molecule has 5 nitrogen and oxygen atoms in total. The number of ether oxygens (including phenoxy) is 1.